The Kier molecular flexibility index (Phi) is 3.03. The third-order valence-electron chi connectivity index (χ3n) is 3.47. The monoisotopic (exact) mass is 239 g/mol. The van der Waals surface area contributed by atoms with E-state index in [1.54, 1.807) is 0 Å². The third-order valence-corrected chi connectivity index (χ3v) is 3.47. The lowest BCUT2D eigenvalue weighted by Gasteiger charge is -2.15. The Labute approximate surface area is 108 Å². The Morgan fingerprint density at radius 3 is 2.78 bits per heavy atom. The summed E-state index contributed by atoms with van der Waals surface area (Å²) in [7, 11) is 0. The molecule has 18 heavy (non-hydrogen) atoms. The van der Waals surface area contributed by atoms with E-state index in [4.69, 9.17) is 4.74 Å². The number of benzene rings is 2. The molecular formula is C16H17NO. The van der Waals surface area contributed by atoms with E-state index in [-0.39, 0.29) is 0 Å². The Morgan fingerprint density at radius 1 is 1.11 bits per heavy atom. The van der Waals surface area contributed by atoms with Gasteiger partial charge in [-0.1, -0.05) is 42.5 Å². The van der Waals surface area contributed by atoms with E-state index < -0.39 is 0 Å². The number of fused-ring (bicyclic) bond motifs is 1. The molecule has 0 spiro atoms. The summed E-state index contributed by atoms with van der Waals surface area (Å²) in [5.74, 6) is 0.976. The molecule has 2 aromatic rings. The maximum Gasteiger partial charge on any atom is 0.122 e. The van der Waals surface area contributed by atoms with Gasteiger partial charge in [-0.3, -0.25) is 0 Å². The van der Waals surface area contributed by atoms with Crippen molar-refractivity contribution in [3.63, 3.8) is 0 Å². The molecule has 1 aliphatic rings. The van der Waals surface area contributed by atoms with E-state index >= 15 is 0 Å². The SMILES string of the molecule is Cc1ccccc1OCC1NCc2ccccc21. The van der Waals surface area contributed by atoms with E-state index in [2.05, 4.69) is 42.6 Å². The van der Waals surface area contributed by atoms with Crippen molar-refractivity contribution in [1.29, 1.82) is 0 Å². The highest BCUT2D eigenvalue weighted by atomic mass is 16.5. The van der Waals surface area contributed by atoms with Crippen LogP contribution in [-0.4, -0.2) is 6.61 Å². The Morgan fingerprint density at radius 2 is 1.89 bits per heavy atom. The minimum Gasteiger partial charge on any atom is -0.491 e. The van der Waals surface area contributed by atoms with Gasteiger partial charge in [0, 0.05) is 6.54 Å². The molecule has 1 heterocycles. The molecule has 1 aliphatic heterocycles. The number of para-hydroxylation sites is 1. The number of hydrogen-bond acceptors (Lipinski definition) is 2. The first-order chi connectivity index (χ1) is 8.84. The molecule has 0 saturated heterocycles. The zero-order valence-corrected chi connectivity index (χ0v) is 10.5. The summed E-state index contributed by atoms with van der Waals surface area (Å²) in [6.07, 6.45) is 0. The Hall–Kier alpha value is -1.80. The Balaban J connectivity index is 1.71. The van der Waals surface area contributed by atoms with Crippen molar-refractivity contribution in [1.82, 2.24) is 5.32 Å². The molecule has 2 nitrogen and oxygen atoms in total. The van der Waals surface area contributed by atoms with Gasteiger partial charge in [0.15, 0.2) is 0 Å². The van der Waals surface area contributed by atoms with Crippen molar-refractivity contribution >= 4 is 0 Å². The fourth-order valence-corrected chi connectivity index (χ4v) is 2.42. The molecule has 1 unspecified atom stereocenters. The largest absolute Gasteiger partial charge is 0.491 e. The van der Waals surface area contributed by atoms with Crippen molar-refractivity contribution in [2.75, 3.05) is 6.61 Å². The maximum absolute atomic E-state index is 5.92. The van der Waals surface area contributed by atoms with Crippen LogP contribution in [0.5, 0.6) is 5.75 Å². The summed E-state index contributed by atoms with van der Waals surface area (Å²) < 4.78 is 5.92. The second kappa shape index (κ2) is 4.83. The van der Waals surface area contributed by atoms with Gasteiger partial charge in [0.2, 0.25) is 0 Å². The molecule has 3 rings (SSSR count). The summed E-state index contributed by atoms with van der Waals surface area (Å²) in [4.78, 5) is 0. The van der Waals surface area contributed by atoms with E-state index in [1.165, 1.54) is 16.7 Å². The number of rotatable bonds is 3. The molecule has 0 radical (unpaired) electrons. The van der Waals surface area contributed by atoms with Crippen LogP contribution in [0, 0.1) is 6.92 Å². The number of hydrogen-bond donors (Lipinski definition) is 1. The lowest BCUT2D eigenvalue weighted by molar-refractivity contribution is 0.272. The van der Waals surface area contributed by atoms with Gasteiger partial charge in [0.05, 0.1) is 6.04 Å². The van der Waals surface area contributed by atoms with Gasteiger partial charge in [-0.15, -0.1) is 0 Å². The fraction of sp³-hybridized carbons (Fsp3) is 0.250. The predicted molar refractivity (Wildman–Crippen MR) is 72.7 cm³/mol. The average molecular weight is 239 g/mol. The average Bonchev–Trinajstić information content (AvgIpc) is 2.81. The summed E-state index contributed by atoms with van der Waals surface area (Å²) >= 11 is 0. The van der Waals surface area contributed by atoms with Gasteiger partial charge < -0.3 is 10.1 Å². The highest BCUT2D eigenvalue weighted by Crippen LogP contribution is 2.26. The van der Waals surface area contributed by atoms with E-state index in [9.17, 15) is 0 Å². The highest BCUT2D eigenvalue weighted by Gasteiger charge is 2.21. The lowest BCUT2D eigenvalue weighted by atomic mass is 10.1. The number of nitrogens with one attached hydrogen (secondary N) is 1. The van der Waals surface area contributed by atoms with E-state index in [0.717, 1.165) is 12.3 Å². The van der Waals surface area contributed by atoms with E-state index in [1.807, 2.05) is 18.2 Å². The van der Waals surface area contributed by atoms with Crippen LogP contribution in [0.15, 0.2) is 48.5 Å². The smallest absolute Gasteiger partial charge is 0.122 e. The molecule has 2 heteroatoms. The van der Waals surface area contributed by atoms with Gasteiger partial charge in [-0.05, 0) is 29.7 Å². The molecule has 1 N–H and O–H groups in total. The van der Waals surface area contributed by atoms with Crippen molar-refractivity contribution in [2.45, 2.75) is 19.5 Å². The van der Waals surface area contributed by atoms with Crippen LogP contribution in [0.4, 0.5) is 0 Å². The van der Waals surface area contributed by atoms with Crippen LogP contribution in [0.3, 0.4) is 0 Å². The van der Waals surface area contributed by atoms with Crippen LogP contribution in [0.25, 0.3) is 0 Å². The standard InChI is InChI=1S/C16H17NO/c1-12-6-2-5-9-16(12)18-11-15-14-8-4-3-7-13(14)10-17-15/h2-9,15,17H,10-11H2,1H3. The summed E-state index contributed by atoms with van der Waals surface area (Å²) in [6.45, 7) is 3.70. The van der Waals surface area contributed by atoms with Crippen molar-refractivity contribution in [3.8, 4) is 5.75 Å². The highest BCUT2D eigenvalue weighted by molar-refractivity contribution is 5.35. The minimum absolute atomic E-state index is 0.306. The second-order valence-electron chi connectivity index (χ2n) is 4.71. The van der Waals surface area contributed by atoms with Gasteiger partial charge >= 0.3 is 0 Å². The molecule has 92 valence electrons. The minimum atomic E-state index is 0.306. The molecule has 0 aromatic heterocycles. The Bertz CT molecular complexity index is 550. The first kappa shape index (κ1) is 11.3. The zero-order valence-electron chi connectivity index (χ0n) is 10.5. The van der Waals surface area contributed by atoms with Crippen LogP contribution >= 0.6 is 0 Å². The van der Waals surface area contributed by atoms with Gasteiger partial charge in [0.25, 0.3) is 0 Å². The molecular weight excluding hydrogens is 222 g/mol. The molecule has 2 aromatic carbocycles. The van der Waals surface area contributed by atoms with Crippen LogP contribution in [0.1, 0.15) is 22.7 Å². The van der Waals surface area contributed by atoms with E-state index in [0.29, 0.717) is 12.6 Å². The van der Waals surface area contributed by atoms with Crippen LogP contribution < -0.4 is 10.1 Å². The van der Waals surface area contributed by atoms with Crippen LogP contribution in [0.2, 0.25) is 0 Å². The molecule has 0 fully saturated rings. The quantitative estimate of drug-likeness (QED) is 0.888. The van der Waals surface area contributed by atoms with Crippen LogP contribution in [-0.2, 0) is 6.54 Å². The third kappa shape index (κ3) is 2.12. The molecule has 0 saturated carbocycles. The predicted octanol–water partition coefficient (Wildman–Crippen LogP) is 3.22. The normalized spacial score (nSPS) is 17.5. The molecule has 0 amide bonds. The van der Waals surface area contributed by atoms with Gasteiger partial charge in [-0.2, -0.15) is 0 Å². The molecule has 0 aliphatic carbocycles. The first-order valence-electron chi connectivity index (χ1n) is 6.34. The number of aryl methyl sites for hydroxylation is 1. The second-order valence-corrected chi connectivity index (χ2v) is 4.71. The number of ether oxygens (including phenoxy) is 1. The first-order valence-corrected chi connectivity index (χ1v) is 6.34. The molecule has 0 bridgehead atoms. The lowest BCUT2D eigenvalue weighted by Crippen LogP contribution is -2.19. The fourth-order valence-electron chi connectivity index (χ4n) is 2.42. The maximum atomic E-state index is 5.92. The van der Waals surface area contributed by atoms with Crippen molar-refractivity contribution < 1.29 is 4.74 Å². The zero-order chi connectivity index (χ0) is 12.4. The summed E-state index contributed by atoms with van der Waals surface area (Å²) in [5, 5.41) is 3.49. The van der Waals surface area contributed by atoms with Crippen molar-refractivity contribution in [3.05, 3.63) is 65.2 Å². The van der Waals surface area contributed by atoms with Crippen molar-refractivity contribution in [2.24, 2.45) is 0 Å². The van der Waals surface area contributed by atoms with Gasteiger partial charge in [0.1, 0.15) is 12.4 Å². The topological polar surface area (TPSA) is 21.3 Å². The summed E-state index contributed by atoms with van der Waals surface area (Å²) in [6, 6.07) is 17.0. The summed E-state index contributed by atoms with van der Waals surface area (Å²) in [5.41, 5.74) is 3.94. The van der Waals surface area contributed by atoms with Gasteiger partial charge in [-0.25, -0.2) is 0 Å². The molecule has 1 atom stereocenters.